The number of benzene rings is 8. The van der Waals surface area contributed by atoms with Crippen LogP contribution in [0.4, 0.5) is 0 Å². The van der Waals surface area contributed by atoms with Crippen molar-refractivity contribution in [2.24, 2.45) is 4.99 Å². The maximum absolute atomic E-state index is 5.02. The highest BCUT2D eigenvalue weighted by Crippen LogP contribution is 2.42. The van der Waals surface area contributed by atoms with Gasteiger partial charge in [-0.1, -0.05) is 163 Å². The second-order valence-corrected chi connectivity index (χ2v) is 12.4. The van der Waals surface area contributed by atoms with Gasteiger partial charge in [0.2, 0.25) is 0 Å². The zero-order chi connectivity index (χ0) is 31.7. The first-order chi connectivity index (χ1) is 23.2. The fourth-order valence-corrected chi connectivity index (χ4v) is 7.07. The van der Waals surface area contributed by atoms with Crippen molar-refractivity contribution >= 4 is 38.0 Å². The third-order valence-corrected chi connectivity index (χ3v) is 9.40. The largest absolute Gasteiger partial charge is 0.285 e. The summed E-state index contributed by atoms with van der Waals surface area (Å²) in [5, 5.41) is 7.79. The van der Waals surface area contributed by atoms with E-state index in [-0.39, 0.29) is 0 Å². The summed E-state index contributed by atoms with van der Waals surface area (Å²) < 4.78 is 0. The van der Waals surface area contributed by atoms with Gasteiger partial charge in [0.1, 0.15) is 0 Å². The van der Waals surface area contributed by atoms with E-state index in [1.54, 1.807) is 0 Å². The first kappa shape index (κ1) is 28.7. The Morgan fingerprint density at radius 3 is 1.62 bits per heavy atom. The van der Waals surface area contributed by atoms with Gasteiger partial charge in [-0.3, -0.25) is 4.99 Å². The van der Waals surface area contributed by atoms with Gasteiger partial charge < -0.3 is 0 Å². The molecule has 8 aromatic carbocycles. The summed E-state index contributed by atoms with van der Waals surface area (Å²) in [6.45, 7) is 4.97. The zero-order valence-electron chi connectivity index (χ0n) is 26.7. The average molecular weight is 602 g/mol. The number of fused-ring (bicyclic) bond motifs is 6. The lowest BCUT2D eigenvalue weighted by atomic mass is 9.86. The van der Waals surface area contributed by atoms with Crippen molar-refractivity contribution in [3.63, 3.8) is 0 Å². The monoisotopic (exact) mass is 601 g/mol. The van der Waals surface area contributed by atoms with Crippen molar-refractivity contribution < 1.29 is 0 Å². The van der Waals surface area contributed by atoms with Crippen molar-refractivity contribution in [1.29, 1.82) is 0 Å². The summed E-state index contributed by atoms with van der Waals surface area (Å²) in [7, 11) is 0. The van der Waals surface area contributed by atoms with Crippen LogP contribution in [0.3, 0.4) is 0 Å². The second-order valence-electron chi connectivity index (χ2n) is 12.4. The second kappa shape index (κ2) is 12.2. The number of hydrogen-bond donors (Lipinski definition) is 0. The lowest BCUT2D eigenvalue weighted by Crippen LogP contribution is -2.00. The molecule has 0 heterocycles. The predicted molar refractivity (Wildman–Crippen MR) is 202 cm³/mol. The molecule has 0 bridgehead atoms. The van der Waals surface area contributed by atoms with E-state index in [0.29, 0.717) is 6.54 Å². The molecule has 0 saturated heterocycles. The van der Waals surface area contributed by atoms with Crippen LogP contribution >= 0.6 is 0 Å². The van der Waals surface area contributed by atoms with E-state index in [1.165, 1.54) is 76.8 Å². The molecule has 0 radical (unpaired) electrons. The Morgan fingerprint density at radius 1 is 0.426 bits per heavy atom. The molecule has 0 aliphatic carbocycles. The van der Waals surface area contributed by atoms with Gasteiger partial charge in [-0.25, -0.2) is 0 Å². The fraction of sp³-hybridized carbons (Fsp3) is 0.0652. The summed E-state index contributed by atoms with van der Waals surface area (Å²) in [5.41, 5.74) is 12.0. The van der Waals surface area contributed by atoms with Crippen LogP contribution in [0.25, 0.3) is 65.7 Å². The number of hydrogen-bond acceptors (Lipinski definition) is 1. The summed E-state index contributed by atoms with van der Waals surface area (Å²) in [4.78, 5) is 5.02. The van der Waals surface area contributed by atoms with Crippen molar-refractivity contribution in [2.45, 2.75) is 20.4 Å². The van der Waals surface area contributed by atoms with Crippen LogP contribution in [-0.4, -0.2) is 5.71 Å². The number of aliphatic imine (C=N–C) groups is 1. The third-order valence-electron chi connectivity index (χ3n) is 9.40. The van der Waals surface area contributed by atoms with Crippen LogP contribution in [0.2, 0.25) is 0 Å². The summed E-state index contributed by atoms with van der Waals surface area (Å²) in [6, 6.07) is 59.4. The molecule has 1 nitrogen and oxygen atoms in total. The minimum atomic E-state index is 0.664. The Morgan fingerprint density at radius 2 is 0.915 bits per heavy atom. The summed E-state index contributed by atoms with van der Waals surface area (Å²) in [5.74, 6) is 0. The van der Waals surface area contributed by atoms with E-state index in [9.17, 15) is 0 Å². The van der Waals surface area contributed by atoms with E-state index < -0.39 is 0 Å². The quantitative estimate of drug-likeness (QED) is 0.133. The molecule has 0 amide bonds. The maximum atomic E-state index is 5.02. The maximum Gasteiger partial charge on any atom is 0.0643 e. The summed E-state index contributed by atoms with van der Waals surface area (Å²) >= 11 is 0. The molecule has 0 N–H and O–H groups in total. The normalized spacial score (nSPS) is 11.8. The van der Waals surface area contributed by atoms with E-state index in [4.69, 9.17) is 4.99 Å². The molecule has 8 aromatic rings. The fourth-order valence-electron chi connectivity index (χ4n) is 7.07. The van der Waals surface area contributed by atoms with Gasteiger partial charge in [0.25, 0.3) is 0 Å². The molecule has 0 aliphatic heterocycles. The van der Waals surface area contributed by atoms with E-state index in [0.717, 1.165) is 11.3 Å². The third kappa shape index (κ3) is 5.30. The molecule has 0 aliphatic rings. The van der Waals surface area contributed by atoms with Crippen molar-refractivity contribution in [1.82, 2.24) is 0 Å². The predicted octanol–water partition coefficient (Wildman–Crippen LogP) is 12.5. The SMILES string of the molecule is CC(=NCc1ccccc1)c1ccccc1-c1ccccc1-c1ccccc1-c1ccc2c3ccc(C)cc3c3ccccc3c2c1. The average Bonchev–Trinajstić information content (AvgIpc) is 3.14. The molecular weight excluding hydrogens is 567 g/mol. The molecule has 1 heteroatoms. The minimum Gasteiger partial charge on any atom is -0.285 e. The molecule has 47 heavy (non-hydrogen) atoms. The molecule has 0 spiro atoms. The van der Waals surface area contributed by atoms with Crippen LogP contribution in [0.1, 0.15) is 23.6 Å². The first-order valence-corrected chi connectivity index (χ1v) is 16.3. The van der Waals surface area contributed by atoms with E-state index in [1.807, 2.05) is 6.07 Å². The minimum absolute atomic E-state index is 0.664. The topological polar surface area (TPSA) is 12.4 Å². The van der Waals surface area contributed by atoms with Gasteiger partial charge in [0.05, 0.1) is 6.54 Å². The standard InChI is InChI=1S/C46H35N/c1-31-24-26-43-44-27-25-34(29-46(44)42-23-13-12-22-41(42)45(43)28-31)36-17-7-9-19-38(36)40-21-11-10-20-39(40)37-18-8-6-16-35(37)32(2)47-30-33-14-4-3-5-15-33/h3-29H,30H2,1-2H3. The van der Waals surface area contributed by atoms with Crippen LogP contribution < -0.4 is 0 Å². The van der Waals surface area contributed by atoms with Crippen molar-refractivity contribution in [3.05, 3.63) is 180 Å². The smallest absolute Gasteiger partial charge is 0.0643 e. The molecular formula is C46H35N. The Hall–Kier alpha value is -5.79. The molecule has 0 saturated carbocycles. The van der Waals surface area contributed by atoms with Crippen molar-refractivity contribution in [2.75, 3.05) is 0 Å². The number of nitrogens with zero attached hydrogens (tertiary/aromatic N) is 1. The number of aryl methyl sites for hydroxylation is 1. The van der Waals surface area contributed by atoms with Gasteiger partial charge in [-0.15, -0.1) is 0 Å². The van der Waals surface area contributed by atoms with Gasteiger partial charge in [-0.05, 0) is 91.2 Å². The van der Waals surface area contributed by atoms with Crippen molar-refractivity contribution in [3.8, 4) is 33.4 Å². The van der Waals surface area contributed by atoms with E-state index in [2.05, 4.69) is 172 Å². The Bertz CT molecular complexity index is 2430. The molecule has 0 aromatic heterocycles. The van der Waals surface area contributed by atoms with Crippen LogP contribution in [-0.2, 0) is 6.54 Å². The lowest BCUT2D eigenvalue weighted by molar-refractivity contribution is 1.06. The molecule has 0 fully saturated rings. The molecule has 224 valence electrons. The Labute approximate surface area is 276 Å². The highest BCUT2D eigenvalue weighted by Gasteiger charge is 2.16. The lowest BCUT2D eigenvalue weighted by Gasteiger charge is -2.18. The Balaban J connectivity index is 1.28. The first-order valence-electron chi connectivity index (χ1n) is 16.3. The number of rotatable bonds is 6. The van der Waals surface area contributed by atoms with Gasteiger partial charge in [-0.2, -0.15) is 0 Å². The highest BCUT2D eigenvalue weighted by atomic mass is 14.7. The molecule has 0 unspecified atom stereocenters. The Kier molecular flexibility index (Phi) is 7.44. The van der Waals surface area contributed by atoms with Crippen LogP contribution in [0.5, 0.6) is 0 Å². The van der Waals surface area contributed by atoms with E-state index >= 15 is 0 Å². The van der Waals surface area contributed by atoms with Gasteiger partial charge in [0.15, 0.2) is 0 Å². The highest BCUT2D eigenvalue weighted by molar-refractivity contribution is 6.26. The van der Waals surface area contributed by atoms with Crippen LogP contribution in [0, 0.1) is 6.92 Å². The van der Waals surface area contributed by atoms with Gasteiger partial charge >= 0.3 is 0 Å². The summed E-state index contributed by atoms with van der Waals surface area (Å²) in [6.07, 6.45) is 0. The van der Waals surface area contributed by atoms with Crippen LogP contribution in [0.15, 0.2) is 169 Å². The molecule has 8 rings (SSSR count). The van der Waals surface area contributed by atoms with Gasteiger partial charge in [0, 0.05) is 11.3 Å². The molecule has 0 atom stereocenters. The zero-order valence-corrected chi connectivity index (χ0v) is 26.7.